The number of hydrogen-bond acceptors (Lipinski definition) is 3. The van der Waals surface area contributed by atoms with E-state index in [0.717, 1.165) is 16.7 Å². The van der Waals surface area contributed by atoms with Crippen molar-refractivity contribution >= 4 is 22.8 Å². The maximum Gasteiger partial charge on any atom is 0.303 e. The van der Waals surface area contributed by atoms with E-state index >= 15 is 0 Å². The van der Waals surface area contributed by atoms with Gasteiger partial charge < -0.3 is 19.7 Å². The molecule has 0 aliphatic heterocycles. The highest BCUT2D eigenvalue weighted by molar-refractivity contribution is 5.99. The predicted octanol–water partition coefficient (Wildman–Crippen LogP) is 1.78. The highest BCUT2D eigenvalue weighted by Crippen LogP contribution is 2.23. The van der Waals surface area contributed by atoms with Crippen LogP contribution in [0.5, 0.6) is 5.75 Å². The number of methoxy groups -OCH3 is 1. The predicted molar refractivity (Wildman–Crippen MR) is 78.7 cm³/mol. The third-order valence-corrected chi connectivity index (χ3v) is 3.34. The molecule has 0 radical (unpaired) electrons. The summed E-state index contributed by atoms with van der Waals surface area (Å²) in [6.07, 6.45) is 0.464. The van der Waals surface area contributed by atoms with Crippen molar-refractivity contribution in [1.82, 2.24) is 9.88 Å². The average molecular weight is 290 g/mol. The number of carbonyl (C=O) groups excluding carboxylic acids is 1. The Bertz CT molecular complexity index is 676. The van der Waals surface area contributed by atoms with Crippen molar-refractivity contribution in [3.05, 3.63) is 30.0 Å². The van der Waals surface area contributed by atoms with Crippen LogP contribution in [0.15, 0.2) is 24.3 Å². The number of aromatic nitrogens is 1. The summed E-state index contributed by atoms with van der Waals surface area (Å²) in [5.74, 6) is -0.333. The van der Waals surface area contributed by atoms with Gasteiger partial charge in [-0.05, 0) is 30.7 Å². The Balaban J connectivity index is 2.12. The van der Waals surface area contributed by atoms with Crippen LogP contribution in [0.1, 0.15) is 23.3 Å². The van der Waals surface area contributed by atoms with Crippen LogP contribution in [0.4, 0.5) is 0 Å². The first-order valence-electron chi connectivity index (χ1n) is 6.66. The summed E-state index contributed by atoms with van der Waals surface area (Å²) in [6, 6.07) is 7.41. The van der Waals surface area contributed by atoms with Gasteiger partial charge in [0.25, 0.3) is 5.91 Å². The Morgan fingerprint density at radius 1 is 1.33 bits per heavy atom. The van der Waals surface area contributed by atoms with Gasteiger partial charge in [0.1, 0.15) is 11.4 Å². The second kappa shape index (κ2) is 6.30. The molecule has 6 nitrogen and oxygen atoms in total. The Kier molecular flexibility index (Phi) is 4.47. The Hall–Kier alpha value is -2.50. The van der Waals surface area contributed by atoms with Crippen LogP contribution >= 0.6 is 0 Å². The van der Waals surface area contributed by atoms with Gasteiger partial charge in [0.15, 0.2) is 0 Å². The molecule has 1 heterocycles. The fourth-order valence-corrected chi connectivity index (χ4v) is 2.20. The van der Waals surface area contributed by atoms with Crippen molar-refractivity contribution in [3.8, 4) is 5.75 Å². The monoisotopic (exact) mass is 290 g/mol. The summed E-state index contributed by atoms with van der Waals surface area (Å²) in [4.78, 5) is 22.5. The molecule has 2 aromatic rings. The van der Waals surface area contributed by atoms with E-state index in [2.05, 4.69) is 5.32 Å². The number of nitrogens with one attached hydrogen (secondary N) is 1. The largest absolute Gasteiger partial charge is 0.497 e. The SMILES string of the molecule is COc1ccc2c(c1)cc(C(=O)NCCCC(=O)O)n2C. The molecule has 0 bridgehead atoms. The number of fused-ring (bicyclic) bond motifs is 1. The zero-order valence-electron chi connectivity index (χ0n) is 12.0. The molecule has 2 rings (SSSR count). The number of hydrogen-bond donors (Lipinski definition) is 2. The van der Waals surface area contributed by atoms with Crippen LogP contribution in [-0.4, -0.2) is 35.2 Å². The van der Waals surface area contributed by atoms with Crippen LogP contribution in [-0.2, 0) is 11.8 Å². The molecular weight excluding hydrogens is 272 g/mol. The van der Waals surface area contributed by atoms with Gasteiger partial charge in [-0.25, -0.2) is 0 Å². The Labute approximate surface area is 122 Å². The molecule has 0 saturated carbocycles. The number of carboxylic acids is 1. The lowest BCUT2D eigenvalue weighted by Gasteiger charge is -2.06. The number of benzene rings is 1. The third-order valence-electron chi connectivity index (χ3n) is 3.34. The number of amides is 1. The lowest BCUT2D eigenvalue weighted by atomic mass is 10.2. The number of nitrogens with zero attached hydrogens (tertiary/aromatic N) is 1. The quantitative estimate of drug-likeness (QED) is 0.795. The maximum atomic E-state index is 12.1. The number of aryl methyl sites for hydroxylation is 1. The minimum atomic E-state index is -0.860. The zero-order valence-corrected chi connectivity index (χ0v) is 12.0. The van der Waals surface area contributed by atoms with Crippen LogP contribution in [0.25, 0.3) is 10.9 Å². The molecule has 0 aliphatic carbocycles. The molecule has 0 fully saturated rings. The number of aliphatic carboxylic acids is 1. The smallest absolute Gasteiger partial charge is 0.303 e. The van der Waals surface area contributed by atoms with Gasteiger partial charge in [0, 0.05) is 30.9 Å². The van der Waals surface area contributed by atoms with Crippen LogP contribution in [0, 0.1) is 0 Å². The van der Waals surface area contributed by atoms with Gasteiger partial charge in [-0.1, -0.05) is 0 Å². The molecule has 6 heteroatoms. The molecule has 0 atom stereocenters. The number of carboxylic acid groups (broad SMARTS) is 1. The number of carbonyl (C=O) groups is 2. The highest BCUT2D eigenvalue weighted by Gasteiger charge is 2.13. The van der Waals surface area contributed by atoms with E-state index in [1.54, 1.807) is 17.7 Å². The van der Waals surface area contributed by atoms with E-state index in [1.165, 1.54) is 0 Å². The fourth-order valence-electron chi connectivity index (χ4n) is 2.20. The molecule has 2 N–H and O–H groups in total. The standard InChI is InChI=1S/C15H18N2O4/c1-17-12-6-5-11(21-2)8-10(12)9-13(17)15(20)16-7-3-4-14(18)19/h5-6,8-9H,3-4,7H2,1-2H3,(H,16,20)(H,18,19). The summed E-state index contributed by atoms with van der Waals surface area (Å²) in [7, 11) is 3.42. The van der Waals surface area contributed by atoms with Gasteiger partial charge in [-0.3, -0.25) is 9.59 Å². The average Bonchev–Trinajstić information content (AvgIpc) is 2.79. The van der Waals surface area contributed by atoms with E-state index in [0.29, 0.717) is 18.7 Å². The van der Waals surface area contributed by atoms with Gasteiger partial charge in [-0.15, -0.1) is 0 Å². The van der Waals surface area contributed by atoms with Crippen LogP contribution in [0.3, 0.4) is 0 Å². The van der Waals surface area contributed by atoms with Crippen molar-refractivity contribution in [2.45, 2.75) is 12.8 Å². The highest BCUT2D eigenvalue weighted by atomic mass is 16.5. The first-order valence-corrected chi connectivity index (χ1v) is 6.66. The normalized spacial score (nSPS) is 10.6. The second-order valence-corrected chi connectivity index (χ2v) is 4.77. The molecule has 112 valence electrons. The lowest BCUT2D eigenvalue weighted by molar-refractivity contribution is -0.137. The molecule has 1 aromatic heterocycles. The summed E-state index contributed by atoms with van der Waals surface area (Å²) in [5, 5.41) is 12.2. The summed E-state index contributed by atoms with van der Waals surface area (Å²) in [5.41, 5.74) is 1.47. The number of ether oxygens (including phenoxy) is 1. The van der Waals surface area contributed by atoms with E-state index in [1.807, 2.05) is 25.2 Å². The van der Waals surface area contributed by atoms with E-state index in [-0.39, 0.29) is 12.3 Å². The summed E-state index contributed by atoms with van der Waals surface area (Å²) in [6.45, 7) is 0.343. The molecule has 21 heavy (non-hydrogen) atoms. The molecule has 0 saturated heterocycles. The minimum Gasteiger partial charge on any atom is -0.497 e. The third kappa shape index (κ3) is 3.34. The summed E-state index contributed by atoms with van der Waals surface area (Å²) >= 11 is 0. The lowest BCUT2D eigenvalue weighted by Crippen LogP contribution is -2.26. The topological polar surface area (TPSA) is 80.6 Å². The van der Waals surface area contributed by atoms with Gasteiger partial charge in [-0.2, -0.15) is 0 Å². The van der Waals surface area contributed by atoms with Gasteiger partial charge >= 0.3 is 5.97 Å². The first-order chi connectivity index (χ1) is 10.0. The van der Waals surface area contributed by atoms with Crippen LogP contribution < -0.4 is 10.1 Å². The second-order valence-electron chi connectivity index (χ2n) is 4.77. The Morgan fingerprint density at radius 2 is 2.10 bits per heavy atom. The molecule has 0 unspecified atom stereocenters. The Morgan fingerprint density at radius 3 is 2.76 bits per heavy atom. The maximum absolute atomic E-state index is 12.1. The first kappa shape index (κ1) is 14.9. The van der Waals surface area contributed by atoms with Gasteiger partial charge in [0.2, 0.25) is 0 Å². The van der Waals surface area contributed by atoms with E-state index in [4.69, 9.17) is 9.84 Å². The minimum absolute atomic E-state index is 0.0482. The summed E-state index contributed by atoms with van der Waals surface area (Å²) < 4.78 is 6.98. The molecule has 1 aromatic carbocycles. The molecule has 0 spiro atoms. The molecule has 0 aliphatic rings. The van der Waals surface area contributed by atoms with Gasteiger partial charge in [0.05, 0.1) is 7.11 Å². The zero-order chi connectivity index (χ0) is 15.4. The van der Waals surface area contributed by atoms with E-state index in [9.17, 15) is 9.59 Å². The van der Waals surface area contributed by atoms with Crippen molar-refractivity contribution in [2.24, 2.45) is 7.05 Å². The molecular formula is C15H18N2O4. The van der Waals surface area contributed by atoms with Crippen molar-refractivity contribution < 1.29 is 19.4 Å². The van der Waals surface area contributed by atoms with Crippen LogP contribution in [0.2, 0.25) is 0 Å². The fraction of sp³-hybridized carbons (Fsp3) is 0.333. The molecule has 1 amide bonds. The number of rotatable bonds is 6. The van der Waals surface area contributed by atoms with Crippen molar-refractivity contribution in [2.75, 3.05) is 13.7 Å². The van der Waals surface area contributed by atoms with Crippen molar-refractivity contribution in [1.29, 1.82) is 0 Å². The van der Waals surface area contributed by atoms with Crippen molar-refractivity contribution in [3.63, 3.8) is 0 Å². The van der Waals surface area contributed by atoms with E-state index < -0.39 is 5.97 Å².